The van der Waals surface area contributed by atoms with Crippen LogP contribution in [0, 0.1) is 0 Å². The van der Waals surface area contributed by atoms with Gasteiger partial charge in [0.1, 0.15) is 0 Å². The monoisotopic (exact) mass is 369 g/mol. The molecule has 0 spiro atoms. The third-order valence-corrected chi connectivity index (χ3v) is 4.22. The Kier molecular flexibility index (Phi) is 5.38. The van der Waals surface area contributed by atoms with Crippen LogP contribution in [0.3, 0.4) is 0 Å². The van der Waals surface area contributed by atoms with Crippen molar-refractivity contribution in [3.63, 3.8) is 0 Å². The zero-order chi connectivity index (χ0) is 17.1. The van der Waals surface area contributed by atoms with Crippen molar-refractivity contribution in [2.75, 3.05) is 13.2 Å². The molecule has 0 radical (unpaired) electrons. The summed E-state index contributed by atoms with van der Waals surface area (Å²) in [7, 11) is 0. The molecule has 1 fully saturated rings. The van der Waals surface area contributed by atoms with Crippen molar-refractivity contribution < 1.29 is 13.9 Å². The van der Waals surface area contributed by atoms with Gasteiger partial charge >= 0.3 is 5.97 Å². The van der Waals surface area contributed by atoms with Crippen LogP contribution in [0.15, 0.2) is 22.6 Å². The number of aromatic nitrogens is 2. The largest absolute Gasteiger partial charge is 0.465 e. The van der Waals surface area contributed by atoms with Crippen LogP contribution in [-0.4, -0.2) is 40.3 Å². The fourth-order valence-electron chi connectivity index (χ4n) is 2.39. The van der Waals surface area contributed by atoms with Crippen LogP contribution in [0.4, 0.5) is 0 Å². The minimum atomic E-state index is -0.245. The standard InChI is InChI=1S/C16H17Cl2N3O3/c1-2-23-15(22)9-21(11-4-5-11)8-14-19-20-16(24-14)12-6-3-10(17)7-13(12)18/h3,6-7,11H,2,4-5,8-9H2,1H3. The number of nitrogens with zero attached hydrogens (tertiary/aromatic N) is 3. The first kappa shape index (κ1) is 17.2. The summed E-state index contributed by atoms with van der Waals surface area (Å²) in [6.45, 7) is 2.79. The third-order valence-electron chi connectivity index (χ3n) is 3.67. The van der Waals surface area contributed by atoms with Gasteiger partial charge in [-0.2, -0.15) is 0 Å². The van der Waals surface area contributed by atoms with Gasteiger partial charge in [-0.15, -0.1) is 10.2 Å². The van der Waals surface area contributed by atoms with E-state index in [0.717, 1.165) is 12.8 Å². The van der Waals surface area contributed by atoms with E-state index < -0.39 is 0 Å². The maximum Gasteiger partial charge on any atom is 0.320 e. The summed E-state index contributed by atoms with van der Waals surface area (Å²) in [5.74, 6) is 0.524. The van der Waals surface area contributed by atoms with E-state index in [-0.39, 0.29) is 12.5 Å². The summed E-state index contributed by atoms with van der Waals surface area (Å²) in [5, 5.41) is 9.08. The topological polar surface area (TPSA) is 68.5 Å². The van der Waals surface area contributed by atoms with Crippen molar-refractivity contribution in [2.45, 2.75) is 32.4 Å². The number of esters is 1. The van der Waals surface area contributed by atoms with E-state index in [4.69, 9.17) is 32.4 Å². The number of hydrogen-bond donors (Lipinski definition) is 0. The van der Waals surface area contributed by atoms with Gasteiger partial charge in [0, 0.05) is 11.1 Å². The maximum atomic E-state index is 11.7. The number of benzene rings is 1. The highest BCUT2D eigenvalue weighted by Gasteiger charge is 2.32. The molecular formula is C16H17Cl2N3O3. The van der Waals surface area contributed by atoms with Crippen molar-refractivity contribution in [2.24, 2.45) is 0 Å². The van der Waals surface area contributed by atoms with E-state index in [2.05, 4.69) is 10.2 Å². The maximum absolute atomic E-state index is 11.7. The smallest absolute Gasteiger partial charge is 0.320 e. The number of hydrogen-bond acceptors (Lipinski definition) is 6. The van der Waals surface area contributed by atoms with E-state index in [1.54, 1.807) is 25.1 Å². The van der Waals surface area contributed by atoms with Crippen LogP contribution in [0.5, 0.6) is 0 Å². The summed E-state index contributed by atoms with van der Waals surface area (Å²) in [5.41, 5.74) is 0.628. The lowest BCUT2D eigenvalue weighted by Crippen LogP contribution is -2.32. The average Bonchev–Trinajstić information content (AvgIpc) is 3.27. The predicted molar refractivity (Wildman–Crippen MR) is 89.8 cm³/mol. The normalized spacial score (nSPS) is 14.2. The molecule has 1 heterocycles. The van der Waals surface area contributed by atoms with Crippen molar-refractivity contribution in [3.8, 4) is 11.5 Å². The average molecular weight is 370 g/mol. The molecule has 0 aliphatic heterocycles. The van der Waals surface area contributed by atoms with Crippen LogP contribution in [0.25, 0.3) is 11.5 Å². The molecule has 1 aliphatic rings. The Morgan fingerprint density at radius 1 is 1.38 bits per heavy atom. The van der Waals surface area contributed by atoms with Gasteiger partial charge < -0.3 is 9.15 Å². The molecule has 3 rings (SSSR count). The molecular weight excluding hydrogens is 353 g/mol. The van der Waals surface area contributed by atoms with Gasteiger partial charge in [0.05, 0.1) is 30.3 Å². The second-order valence-corrected chi connectivity index (χ2v) is 6.41. The van der Waals surface area contributed by atoms with Crippen LogP contribution < -0.4 is 0 Å². The third kappa shape index (κ3) is 4.26. The molecule has 0 N–H and O–H groups in total. The molecule has 6 nitrogen and oxygen atoms in total. The van der Waals surface area contributed by atoms with E-state index in [1.807, 2.05) is 4.90 Å². The second kappa shape index (κ2) is 7.51. The Morgan fingerprint density at radius 3 is 2.83 bits per heavy atom. The van der Waals surface area contributed by atoms with Crippen LogP contribution in [0.2, 0.25) is 10.0 Å². The zero-order valence-electron chi connectivity index (χ0n) is 13.2. The number of carbonyl (C=O) groups excluding carboxylic acids is 1. The zero-order valence-corrected chi connectivity index (χ0v) is 14.7. The lowest BCUT2D eigenvalue weighted by Gasteiger charge is -2.18. The van der Waals surface area contributed by atoms with Crippen LogP contribution in [0.1, 0.15) is 25.7 Å². The highest BCUT2D eigenvalue weighted by Crippen LogP contribution is 2.31. The number of carbonyl (C=O) groups is 1. The first-order chi connectivity index (χ1) is 11.6. The van der Waals surface area contributed by atoms with Crippen molar-refractivity contribution in [1.29, 1.82) is 0 Å². The van der Waals surface area contributed by atoms with Gasteiger partial charge in [-0.25, -0.2) is 0 Å². The summed E-state index contributed by atoms with van der Waals surface area (Å²) < 4.78 is 10.7. The van der Waals surface area contributed by atoms with Gasteiger partial charge in [-0.1, -0.05) is 23.2 Å². The second-order valence-electron chi connectivity index (χ2n) is 5.57. The molecule has 1 aromatic carbocycles. The molecule has 0 saturated heterocycles. The van der Waals surface area contributed by atoms with Crippen LogP contribution in [-0.2, 0) is 16.1 Å². The first-order valence-corrected chi connectivity index (χ1v) is 8.50. The molecule has 8 heteroatoms. The Bertz CT molecular complexity index is 731. The molecule has 24 heavy (non-hydrogen) atoms. The lowest BCUT2D eigenvalue weighted by molar-refractivity contribution is -0.144. The molecule has 2 aromatic rings. The van der Waals surface area contributed by atoms with Gasteiger partial charge in [0.25, 0.3) is 0 Å². The minimum Gasteiger partial charge on any atom is -0.465 e. The van der Waals surface area contributed by atoms with E-state index >= 15 is 0 Å². The van der Waals surface area contributed by atoms with Gasteiger partial charge in [0.15, 0.2) is 0 Å². The summed E-state index contributed by atoms with van der Waals surface area (Å²) in [6, 6.07) is 5.44. The number of halogens is 2. The Hall–Kier alpha value is -1.63. The SMILES string of the molecule is CCOC(=O)CN(Cc1nnc(-c2ccc(Cl)cc2Cl)o1)C1CC1. The van der Waals surface area contributed by atoms with Gasteiger partial charge in [-0.3, -0.25) is 9.69 Å². The molecule has 1 saturated carbocycles. The lowest BCUT2D eigenvalue weighted by atomic mass is 10.2. The molecule has 0 amide bonds. The van der Waals surface area contributed by atoms with Crippen molar-refractivity contribution in [1.82, 2.24) is 15.1 Å². The van der Waals surface area contributed by atoms with Crippen LogP contribution >= 0.6 is 23.2 Å². The van der Waals surface area contributed by atoms with Gasteiger partial charge in [0.2, 0.25) is 11.8 Å². The molecule has 0 bridgehead atoms. The van der Waals surface area contributed by atoms with E-state index in [9.17, 15) is 4.79 Å². The molecule has 0 unspecified atom stereocenters. The quantitative estimate of drug-likeness (QED) is 0.694. The van der Waals surface area contributed by atoms with E-state index in [1.165, 1.54) is 0 Å². The molecule has 1 aliphatic carbocycles. The summed E-state index contributed by atoms with van der Waals surface area (Å²) >= 11 is 12.1. The Morgan fingerprint density at radius 2 is 2.17 bits per heavy atom. The highest BCUT2D eigenvalue weighted by atomic mass is 35.5. The Balaban J connectivity index is 1.71. The minimum absolute atomic E-state index is 0.220. The molecule has 0 atom stereocenters. The van der Waals surface area contributed by atoms with Crippen molar-refractivity contribution >= 4 is 29.2 Å². The fraction of sp³-hybridized carbons (Fsp3) is 0.438. The van der Waals surface area contributed by atoms with Gasteiger partial charge in [-0.05, 0) is 38.0 Å². The van der Waals surface area contributed by atoms with Crippen molar-refractivity contribution in [3.05, 3.63) is 34.1 Å². The highest BCUT2D eigenvalue weighted by molar-refractivity contribution is 6.36. The first-order valence-electron chi connectivity index (χ1n) is 7.74. The fourth-order valence-corrected chi connectivity index (χ4v) is 2.88. The summed E-state index contributed by atoms with van der Waals surface area (Å²) in [6.07, 6.45) is 2.12. The Labute approximate surface area is 149 Å². The molecule has 128 valence electrons. The predicted octanol–water partition coefficient (Wildman–Crippen LogP) is 3.57. The van der Waals surface area contributed by atoms with E-state index in [0.29, 0.717) is 46.6 Å². The number of ether oxygens (including phenoxy) is 1. The summed E-state index contributed by atoms with van der Waals surface area (Å²) in [4.78, 5) is 13.7. The number of rotatable bonds is 7. The molecule has 1 aromatic heterocycles.